The largest absolute Gasteiger partial charge is 0.382 e. The molecule has 2 aromatic carbocycles. The van der Waals surface area contributed by atoms with Gasteiger partial charge in [0.05, 0.1) is 5.69 Å². The minimum Gasteiger partial charge on any atom is -0.382 e. The fraction of sp³-hybridized carbons (Fsp3) is 0.167. The lowest BCUT2D eigenvalue weighted by atomic mass is 9.68. The van der Waals surface area contributed by atoms with E-state index in [4.69, 9.17) is 5.73 Å². The van der Waals surface area contributed by atoms with E-state index in [1.54, 1.807) is 10.9 Å². The van der Waals surface area contributed by atoms with E-state index in [1.165, 1.54) is 17.2 Å². The highest BCUT2D eigenvalue weighted by Gasteiger charge is 2.37. The number of rotatable bonds is 5. The third-order valence-corrected chi connectivity index (χ3v) is 5.53. The van der Waals surface area contributed by atoms with Gasteiger partial charge in [-0.3, -0.25) is 4.79 Å². The molecule has 146 valence electrons. The number of fused-ring (bicyclic) bond motifs is 1. The summed E-state index contributed by atoms with van der Waals surface area (Å²) in [5.74, 6) is 0.468. The average molecular weight is 384 g/mol. The van der Waals surface area contributed by atoms with Crippen molar-refractivity contribution in [1.29, 1.82) is 0 Å². The lowest BCUT2D eigenvalue weighted by molar-refractivity contribution is -0.104. The van der Waals surface area contributed by atoms with Gasteiger partial charge in [0.1, 0.15) is 6.29 Å². The molecule has 5 nitrogen and oxygen atoms in total. The number of anilines is 2. The van der Waals surface area contributed by atoms with E-state index in [1.807, 2.05) is 20.2 Å². The molecule has 5 heteroatoms. The van der Waals surface area contributed by atoms with E-state index in [2.05, 4.69) is 70.7 Å². The van der Waals surface area contributed by atoms with Crippen LogP contribution in [0.2, 0.25) is 0 Å². The first-order chi connectivity index (χ1) is 14.0. The number of carbonyl (C=O) groups is 1. The van der Waals surface area contributed by atoms with Gasteiger partial charge in [-0.25, -0.2) is 4.68 Å². The number of nitrogens with two attached hydrogens (primary N) is 1. The fourth-order valence-electron chi connectivity index (χ4n) is 4.01. The molecule has 29 heavy (non-hydrogen) atoms. The van der Waals surface area contributed by atoms with Crippen LogP contribution in [-0.2, 0) is 16.6 Å². The Morgan fingerprint density at radius 3 is 2.59 bits per heavy atom. The van der Waals surface area contributed by atoms with Crippen LogP contribution < -0.4 is 10.6 Å². The molecule has 1 unspecified atom stereocenters. The minimum absolute atomic E-state index is 0.362. The average Bonchev–Trinajstić information content (AvgIpc) is 3.07. The SMILES string of the molecule is CN(C)c1cccc(C2(c3ccccc3)C=Cc3c(N)nn(C=CC=O)c3C2)c1. The lowest BCUT2D eigenvalue weighted by Crippen LogP contribution is -2.31. The van der Waals surface area contributed by atoms with Crippen LogP contribution in [0.4, 0.5) is 11.5 Å². The Balaban J connectivity index is 1.93. The molecule has 0 fully saturated rings. The predicted molar refractivity (Wildman–Crippen MR) is 119 cm³/mol. The van der Waals surface area contributed by atoms with Gasteiger partial charge >= 0.3 is 0 Å². The number of nitrogens with zero attached hydrogens (tertiary/aromatic N) is 3. The van der Waals surface area contributed by atoms with Gasteiger partial charge in [0.25, 0.3) is 0 Å². The van der Waals surface area contributed by atoms with Gasteiger partial charge in [-0.1, -0.05) is 54.6 Å². The molecule has 3 aromatic rings. The van der Waals surface area contributed by atoms with Gasteiger partial charge < -0.3 is 10.6 Å². The molecule has 1 aliphatic carbocycles. The Labute approximate surface area is 170 Å². The molecule has 1 aliphatic rings. The molecular formula is C24H24N4O. The Bertz CT molecular complexity index is 1100. The maximum absolute atomic E-state index is 10.8. The second-order valence-corrected chi connectivity index (χ2v) is 7.46. The smallest absolute Gasteiger partial charge is 0.153 e. The van der Waals surface area contributed by atoms with E-state index in [-0.39, 0.29) is 5.41 Å². The van der Waals surface area contributed by atoms with E-state index in [0.29, 0.717) is 12.2 Å². The Morgan fingerprint density at radius 2 is 1.86 bits per heavy atom. The normalized spacial score (nSPS) is 18.0. The van der Waals surface area contributed by atoms with Gasteiger partial charge in [-0.2, -0.15) is 5.10 Å². The Morgan fingerprint density at radius 1 is 1.10 bits per heavy atom. The quantitative estimate of drug-likeness (QED) is 0.537. The highest BCUT2D eigenvalue weighted by Crippen LogP contribution is 2.43. The van der Waals surface area contributed by atoms with Crippen molar-refractivity contribution in [3.8, 4) is 0 Å². The zero-order chi connectivity index (χ0) is 20.4. The fourth-order valence-corrected chi connectivity index (χ4v) is 4.01. The highest BCUT2D eigenvalue weighted by molar-refractivity contribution is 5.73. The van der Waals surface area contributed by atoms with E-state index < -0.39 is 0 Å². The number of aldehydes is 1. The van der Waals surface area contributed by atoms with Gasteiger partial charge in [0.2, 0.25) is 0 Å². The van der Waals surface area contributed by atoms with Crippen LogP contribution in [0.5, 0.6) is 0 Å². The summed E-state index contributed by atoms with van der Waals surface area (Å²) in [5.41, 5.74) is 11.2. The first-order valence-corrected chi connectivity index (χ1v) is 9.56. The molecule has 0 amide bonds. The van der Waals surface area contributed by atoms with Crippen molar-refractivity contribution in [2.24, 2.45) is 0 Å². The summed E-state index contributed by atoms with van der Waals surface area (Å²) in [6, 6.07) is 19.1. The van der Waals surface area contributed by atoms with Crippen LogP contribution in [0.15, 0.2) is 66.7 Å². The topological polar surface area (TPSA) is 64.2 Å². The highest BCUT2D eigenvalue weighted by atomic mass is 16.1. The van der Waals surface area contributed by atoms with Crippen LogP contribution in [-0.4, -0.2) is 30.2 Å². The van der Waals surface area contributed by atoms with Crippen LogP contribution in [0.25, 0.3) is 12.3 Å². The summed E-state index contributed by atoms with van der Waals surface area (Å²) in [5, 5.41) is 4.42. The molecule has 1 aromatic heterocycles. The van der Waals surface area contributed by atoms with Crippen molar-refractivity contribution in [3.63, 3.8) is 0 Å². The Kier molecular flexibility index (Phi) is 4.80. The summed E-state index contributed by atoms with van der Waals surface area (Å²) < 4.78 is 1.72. The first kappa shape index (κ1) is 18.7. The second kappa shape index (κ2) is 7.43. The molecule has 0 aliphatic heterocycles. The van der Waals surface area contributed by atoms with Crippen LogP contribution in [0.3, 0.4) is 0 Å². The summed E-state index contributed by atoms with van der Waals surface area (Å²) in [6.45, 7) is 0. The van der Waals surface area contributed by atoms with Gasteiger partial charge in [0, 0.05) is 43.4 Å². The number of benzene rings is 2. The molecule has 1 atom stereocenters. The van der Waals surface area contributed by atoms with Gasteiger partial charge in [0.15, 0.2) is 5.82 Å². The molecule has 0 radical (unpaired) electrons. The van der Waals surface area contributed by atoms with E-state index >= 15 is 0 Å². The maximum atomic E-state index is 10.8. The van der Waals surface area contributed by atoms with E-state index in [9.17, 15) is 4.79 Å². The summed E-state index contributed by atoms with van der Waals surface area (Å²) in [6.07, 6.45) is 8.81. The molecule has 0 bridgehead atoms. The van der Waals surface area contributed by atoms with Gasteiger partial charge in [-0.05, 0) is 29.3 Å². The van der Waals surface area contributed by atoms with Crippen LogP contribution in [0.1, 0.15) is 22.4 Å². The third-order valence-electron chi connectivity index (χ3n) is 5.53. The van der Waals surface area contributed by atoms with Crippen LogP contribution >= 0.6 is 0 Å². The number of hydrogen-bond acceptors (Lipinski definition) is 4. The zero-order valence-corrected chi connectivity index (χ0v) is 16.6. The molecule has 0 spiro atoms. The first-order valence-electron chi connectivity index (χ1n) is 9.56. The predicted octanol–water partition coefficient (Wildman–Crippen LogP) is 3.76. The molecule has 4 rings (SSSR count). The van der Waals surface area contributed by atoms with Crippen molar-refractivity contribution in [2.75, 3.05) is 24.7 Å². The molecule has 0 saturated carbocycles. The molecule has 1 heterocycles. The van der Waals surface area contributed by atoms with Gasteiger partial charge in [-0.15, -0.1) is 0 Å². The third kappa shape index (κ3) is 3.25. The van der Waals surface area contributed by atoms with Crippen molar-refractivity contribution in [3.05, 3.63) is 89.1 Å². The number of hydrogen-bond donors (Lipinski definition) is 1. The maximum Gasteiger partial charge on any atom is 0.153 e. The number of nitrogen functional groups attached to an aromatic ring is 1. The molecule has 2 N–H and O–H groups in total. The van der Waals surface area contributed by atoms with Crippen molar-refractivity contribution < 1.29 is 4.79 Å². The zero-order valence-electron chi connectivity index (χ0n) is 16.6. The number of aromatic nitrogens is 2. The number of allylic oxidation sites excluding steroid dienone is 2. The van der Waals surface area contributed by atoms with Crippen molar-refractivity contribution >= 4 is 30.1 Å². The monoisotopic (exact) mass is 384 g/mol. The molecular weight excluding hydrogens is 360 g/mol. The summed E-state index contributed by atoms with van der Waals surface area (Å²) >= 11 is 0. The standard InChI is InChI=1S/C24H24N4O/c1-27(2)20-11-6-10-19(16-20)24(18-8-4-3-5-9-18)13-12-21-22(17-24)28(14-7-15-29)26-23(21)25/h3-16H,17H2,1-2H3,(H2,25,26). The number of carbonyl (C=O) groups excluding carboxylic acids is 1. The van der Waals surface area contributed by atoms with Crippen LogP contribution in [0, 0.1) is 0 Å². The summed E-state index contributed by atoms with van der Waals surface area (Å²) in [7, 11) is 4.09. The lowest BCUT2D eigenvalue weighted by Gasteiger charge is -2.35. The summed E-state index contributed by atoms with van der Waals surface area (Å²) in [4.78, 5) is 13.0. The van der Waals surface area contributed by atoms with Crippen molar-refractivity contribution in [2.45, 2.75) is 11.8 Å². The second-order valence-electron chi connectivity index (χ2n) is 7.46. The molecule has 0 saturated heterocycles. The van der Waals surface area contributed by atoms with Crippen molar-refractivity contribution in [1.82, 2.24) is 9.78 Å². The van der Waals surface area contributed by atoms with E-state index in [0.717, 1.165) is 23.2 Å². The Hall–Kier alpha value is -3.60. The minimum atomic E-state index is -0.362.